The average Bonchev–Trinajstić information content (AvgIpc) is 2.37. The number of hydrogen-bond acceptors (Lipinski definition) is 4. The fourth-order valence-corrected chi connectivity index (χ4v) is 2.72. The van der Waals surface area contributed by atoms with Crippen molar-refractivity contribution in [2.75, 3.05) is 13.6 Å². The lowest BCUT2D eigenvalue weighted by atomic mass is 9.81. The minimum atomic E-state index is 0.0532. The van der Waals surface area contributed by atoms with Crippen LogP contribution < -0.4 is 10.7 Å². The highest BCUT2D eigenvalue weighted by molar-refractivity contribution is 5.80. The van der Waals surface area contributed by atoms with Gasteiger partial charge in [0.1, 0.15) is 0 Å². The molecule has 2 unspecified atom stereocenters. The molecule has 0 radical (unpaired) electrons. The number of dihydropyridines is 1. The Morgan fingerprint density at radius 1 is 1.59 bits per heavy atom. The first-order valence-electron chi connectivity index (χ1n) is 5.94. The van der Waals surface area contributed by atoms with Crippen LogP contribution in [0.5, 0.6) is 0 Å². The number of piperidine rings is 1. The van der Waals surface area contributed by atoms with Crippen molar-refractivity contribution in [3.05, 3.63) is 23.4 Å². The van der Waals surface area contributed by atoms with Crippen LogP contribution in [0, 0.1) is 5.92 Å². The molecule has 1 saturated heterocycles. The van der Waals surface area contributed by atoms with E-state index in [1.54, 1.807) is 0 Å². The van der Waals surface area contributed by atoms with Gasteiger partial charge in [0.2, 0.25) is 5.91 Å². The van der Waals surface area contributed by atoms with Gasteiger partial charge in [0.25, 0.3) is 0 Å². The van der Waals surface area contributed by atoms with E-state index < -0.39 is 0 Å². The molecule has 5 heteroatoms. The summed E-state index contributed by atoms with van der Waals surface area (Å²) in [5.41, 5.74) is 5.61. The van der Waals surface area contributed by atoms with Gasteiger partial charge in [-0.2, -0.15) is 0 Å². The second-order valence-corrected chi connectivity index (χ2v) is 4.51. The molecule has 1 fully saturated rings. The Morgan fingerprint density at radius 3 is 3.29 bits per heavy atom. The van der Waals surface area contributed by atoms with E-state index in [1.165, 1.54) is 11.1 Å². The first-order valence-corrected chi connectivity index (χ1v) is 5.94. The number of nitrogens with one attached hydrogen (secondary N) is 2. The standard InChI is InChI=1S/C12H16N4O/c1-13-16-7-8-5-11(17)15-6-10(8)9-3-2-4-14-12(9)16/h3-4,7,10,12-13H,2,5-6H2,1H3,(H,15,17). The Kier molecular flexibility index (Phi) is 2.48. The zero-order valence-corrected chi connectivity index (χ0v) is 9.81. The van der Waals surface area contributed by atoms with Crippen molar-refractivity contribution in [1.82, 2.24) is 15.8 Å². The summed E-state index contributed by atoms with van der Waals surface area (Å²) in [6.07, 6.45) is 7.65. The third-order valence-electron chi connectivity index (χ3n) is 3.55. The van der Waals surface area contributed by atoms with Crippen LogP contribution in [0.1, 0.15) is 12.8 Å². The second kappa shape index (κ2) is 4.00. The molecule has 17 heavy (non-hydrogen) atoms. The van der Waals surface area contributed by atoms with Gasteiger partial charge in [0, 0.05) is 44.8 Å². The number of allylic oxidation sites excluding steroid dienone is 1. The maximum Gasteiger partial charge on any atom is 0.224 e. The van der Waals surface area contributed by atoms with Crippen LogP contribution in [-0.2, 0) is 4.79 Å². The Hall–Kier alpha value is -1.62. The van der Waals surface area contributed by atoms with E-state index in [0.29, 0.717) is 18.9 Å². The molecule has 1 amide bonds. The number of hydrogen-bond donors (Lipinski definition) is 2. The minimum Gasteiger partial charge on any atom is -0.355 e. The maximum absolute atomic E-state index is 11.4. The molecule has 0 aromatic carbocycles. The molecule has 3 heterocycles. The Morgan fingerprint density at radius 2 is 2.47 bits per heavy atom. The molecule has 2 N–H and O–H groups in total. The summed E-state index contributed by atoms with van der Waals surface area (Å²) >= 11 is 0. The van der Waals surface area contributed by atoms with E-state index in [-0.39, 0.29) is 12.1 Å². The molecule has 3 rings (SSSR count). The lowest BCUT2D eigenvalue weighted by Crippen LogP contribution is -2.50. The van der Waals surface area contributed by atoms with E-state index in [1.807, 2.05) is 24.5 Å². The SMILES string of the molecule is CNN1C=C2CC(=O)NCC2C2=CCC=NC21. The summed E-state index contributed by atoms with van der Waals surface area (Å²) in [6.45, 7) is 0.708. The summed E-state index contributed by atoms with van der Waals surface area (Å²) < 4.78 is 0. The van der Waals surface area contributed by atoms with Crippen LogP contribution in [0.3, 0.4) is 0 Å². The van der Waals surface area contributed by atoms with Crippen molar-refractivity contribution < 1.29 is 4.79 Å². The number of hydrazine groups is 1. The molecule has 0 saturated carbocycles. The van der Waals surface area contributed by atoms with Crippen LogP contribution in [0.4, 0.5) is 0 Å². The summed E-state index contributed by atoms with van der Waals surface area (Å²) in [4.78, 5) is 16.0. The maximum atomic E-state index is 11.4. The van der Waals surface area contributed by atoms with E-state index in [4.69, 9.17) is 0 Å². The molecular weight excluding hydrogens is 216 g/mol. The Bertz CT molecular complexity index is 438. The fourth-order valence-electron chi connectivity index (χ4n) is 2.72. The molecule has 90 valence electrons. The zero-order valence-electron chi connectivity index (χ0n) is 9.81. The summed E-state index contributed by atoms with van der Waals surface area (Å²) in [5, 5.41) is 4.91. The highest BCUT2D eigenvalue weighted by Crippen LogP contribution is 2.35. The summed E-state index contributed by atoms with van der Waals surface area (Å²) in [5.74, 6) is 0.446. The topological polar surface area (TPSA) is 56.7 Å². The zero-order chi connectivity index (χ0) is 11.8. The molecule has 2 atom stereocenters. The molecule has 0 aliphatic carbocycles. The molecular formula is C12H16N4O. The van der Waals surface area contributed by atoms with Gasteiger partial charge in [-0.1, -0.05) is 6.08 Å². The third-order valence-corrected chi connectivity index (χ3v) is 3.55. The van der Waals surface area contributed by atoms with Crippen LogP contribution in [-0.4, -0.2) is 36.9 Å². The van der Waals surface area contributed by atoms with Gasteiger partial charge in [-0.25, -0.2) is 5.43 Å². The molecule has 0 bridgehead atoms. The number of aliphatic imine (C=N–C) groups is 1. The highest BCUT2D eigenvalue weighted by Gasteiger charge is 2.36. The van der Waals surface area contributed by atoms with Crippen LogP contribution >= 0.6 is 0 Å². The van der Waals surface area contributed by atoms with Crippen LogP contribution in [0.25, 0.3) is 0 Å². The van der Waals surface area contributed by atoms with Crippen molar-refractivity contribution in [3.8, 4) is 0 Å². The van der Waals surface area contributed by atoms with Gasteiger partial charge in [-0.05, 0) is 11.1 Å². The van der Waals surface area contributed by atoms with Crippen molar-refractivity contribution >= 4 is 12.1 Å². The monoisotopic (exact) mass is 232 g/mol. The third kappa shape index (κ3) is 1.67. The van der Waals surface area contributed by atoms with Gasteiger partial charge in [-0.3, -0.25) is 14.8 Å². The Labute approximate surface area is 100 Å². The van der Waals surface area contributed by atoms with Gasteiger partial charge < -0.3 is 5.32 Å². The number of nitrogens with zero attached hydrogens (tertiary/aromatic N) is 2. The van der Waals surface area contributed by atoms with Crippen molar-refractivity contribution in [3.63, 3.8) is 0 Å². The molecule has 3 aliphatic rings. The number of fused-ring (bicyclic) bond motifs is 3. The van der Waals surface area contributed by atoms with E-state index >= 15 is 0 Å². The largest absolute Gasteiger partial charge is 0.355 e. The van der Waals surface area contributed by atoms with E-state index in [9.17, 15) is 4.79 Å². The quantitative estimate of drug-likeness (QED) is 0.634. The summed E-state index contributed by atoms with van der Waals surface area (Å²) in [7, 11) is 1.88. The smallest absolute Gasteiger partial charge is 0.224 e. The van der Waals surface area contributed by atoms with E-state index in [0.717, 1.165) is 6.42 Å². The normalized spacial score (nSPS) is 31.1. The first-order chi connectivity index (χ1) is 8.29. The van der Waals surface area contributed by atoms with Gasteiger partial charge in [-0.15, -0.1) is 0 Å². The minimum absolute atomic E-state index is 0.0532. The average molecular weight is 232 g/mol. The predicted octanol–water partition coefficient (Wildman–Crippen LogP) is 0.183. The van der Waals surface area contributed by atoms with E-state index in [2.05, 4.69) is 21.8 Å². The van der Waals surface area contributed by atoms with Gasteiger partial charge in [0.15, 0.2) is 6.17 Å². The highest BCUT2D eigenvalue weighted by atomic mass is 16.1. The molecule has 5 nitrogen and oxygen atoms in total. The Balaban J connectivity index is 1.99. The van der Waals surface area contributed by atoms with Crippen molar-refractivity contribution in [2.45, 2.75) is 19.0 Å². The predicted molar refractivity (Wildman–Crippen MR) is 65.1 cm³/mol. The number of rotatable bonds is 1. The lowest BCUT2D eigenvalue weighted by Gasteiger charge is -2.41. The van der Waals surface area contributed by atoms with Gasteiger partial charge >= 0.3 is 0 Å². The van der Waals surface area contributed by atoms with Crippen molar-refractivity contribution in [1.29, 1.82) is 0 Å². The van der Waals surface area contributed by atoms with Crippen LogP contribution in [0.2, 0.25) is 0 Å². The number of carbonyl (C=O) groups is 1. The second-order valence-electron chi connectivity index (χ2n) is 4.51. The molecule has 0 spiro atoms. The lowest BCUT2D eigenvalue weighted by molar-refractivity contribution is -0.121. The number of amides is 1. The summed E-state index contributed by atoms with van der Waals surface area (Å²) in [6, 6.07) is 0. The molecule has 0 aromatic rings. The first kappa shape index (κ1) is 10.5. The molecule has 3 aliphatic heterocycles. The fraction of sp³-hybridized carbons (Fsp3) is 0.500. The number of carbonyl (C=O) groups excluding carboxylic acids is 1. The van der Waals surface area contributed by atoms with Crippen LogP contribution in [0.15, 0.2) is 28.4 Å². The molecule has 0 aromatic heterocycles. The van der Waals surface area contributed by atoms with Crippen molar-refractivity contribution in [2.24, 2.45) is 10.9 Å². The van der Waals surface area contributed by atoms with Gasteiger partial charge in [0.05, 0.1) is 0 Å².